The van der Waals surface area contributed by atoms with E-state index in [1.807, 2.05) is 6.07 Å². The van der Waals surface area contributed by atoms with Gasteiger partial charge in [0, 0.05) is 5.57 Å². The van der Waals surface area contributed by atoms with E-state index >= 15 is 0 Å². The Labute approximate surface area is 112 Å². The molecule has 0 radical (unpaired) electrons. The van der Waals surface area contributed by atoms with E-state index in [0.29, 0.717) is 11.8 Å². The molecule has 96 valence electrons. The van der Waals surface area contributed by atoms with Gasteiger partial charge < -0.3 is 4.74 Å². The number of benzene rings is 1. The van der Waals surface area contributed by atoms with E-state index in [9.17, 15) is 4.79 Å². The highest BCUT2D eigenvalue weighted by molar-refractivity contribution is 6.01. The number of rotatable bonds is 2. The molecule has 0 N–H and O–H groups in total. The van der Waals surface area contributed by atoms with Gasteiger partial charge in [0.15, 0.2) is 0 Å². The van der Waals surface area contributed by atoms with Gasteiger partial charge in [-0.2, -0.15) is 0 Å². The summed E-state index contributed by atoms with van der Waals surface area (Å²) < 4.78 is 5.08. The lowest BCUT2D eigenvalue weighted by Crippen LogP contribution is -2.16. The van der Waals surface area contributed by atoms with Crippen LogP contribution in [0.3, 0.4) is 0 Å². The van der Waals surface area contributed by atoms with Crippen molar-refractivity contribution in [3.8, 4) is 0 Å². The predicted molar refractivity (Wildman–Crippen MR) is 70.9 cm³/mol. The van der Waals surface area contributed by atoms with Gasteiger partial charge in [0.2, 0.25) is 0 Å². The maximum Gasteiger partial charge on any atom is 0.334 e. The van der Waals surface area contributed by atoms with Crippen molar-refractivity contribution in [3.63, 3.8) is 0 Å². The van der Waals surface area contributed by atoms with Crippen LogP contribution in [-0.2, 0) is 9.53 Å². The van der Waals surface area contributed by atoms with Crippen molar-refractivity contribution in [1.29, 1.82) is 0 Å². The molecule has 4 fully saturated rings. The normalized spacial score (nSPS) is 43.8. The van der Waals surface area contributed by atoms with Gasteiger partial charge in [0.1, 0.15) is 0 Å². The maximum absolute atomic E-state index is 12.2. The summed E-state index contributed by atoms with van der Waals surface area (Å²) in [6.45, 7) is 0. The first-order chi connectivity index (χ1) is 9.33. The van der Waals surface area contributed by atoms with Crippen LogP contribution in [-0.4, -0.2) is 13.1 Å². The molecule has 1 aromatic carbocycles. The third kappa shape index (κ3) is 1.00. The molecule has 0 spiro atoms. The quantitative estimate of drug-likeness (QED) is 0.756. The summed E-state index contributed by atoms with van der Waals surface area (Å²) in [7, 11) is 1.51. The Kier molecular flexibility index (Phi) is 1.68. The van der Waals surface area contributed by atoms with Gasteiger partial charge >= 0.3 is 5.97 Å². The van der Waals surface area contributed by atoms with E-state index < -0.39 is 0 Å². The zero-order valence-electron chi connectivity index (χ0n) is 10.9. The highest BCUT2D eigenvalue weighted by atomic mass is 16.5. The van der Waals surface area contributed by atoms with Crippen LogP contribution in [0.5, 0.6) is 0 Å². The van der Waals surface area contributed by atoms with Crippen LogP contribution in [0, 0.1) is 35.5 Å². The Bertz CT molecular complexity index is 615. The van der Waals surface area contributed by atoms with Crippen molar-refractivity contribution in [2.45, 2.75) is 6.42 Å². The second kappa shape index (κ2) is 3.12. The van der Waals surface area contributed by atoms with Crippen molar-refractivity contribution in [2.24, 2.45) is 35.5 Å². The van der Waals surface area contributed by atoms with Crippen LogP contribution in [0.2, 0.25) is 0 Å². The van der Waals surface area contributed by atoms with Crippen molar-refractivity contribution in [2.75, 3.05) is 7.11 Å². The van der Waals surface area contributed by atoms with Gasteiger partial charge in [-0.25, -0.2) is 4.79 Å². The molecule has 6 rings (SSSR count). The fourth-order valence-corrected chi connectivity index (χ4v) is 5.65. The molecule has 0 aromatic heterocycles. The first-order valence-corrected chi connectivity index (χ1v) is 7.20. The second-order valence-corrected chi connectivity index (χ2v) is 6.45. The highest BCUT2D eigenvalue weighted by Gasteiger charge is 2.78. The molecule has 2 heteroatoms. The van der Waals surface area contributed by atoms with Gasteiger partial charge in [0.25, 0.3) is 0 Å². The molecule has 1 aromatic rings. The minimum absolute atomic E-state index is 0.0812. The topological polar surface area (TPSA) is 26.3 Å². The molecule has 5 aliphatic rings. The summed E-state index contributed by atoms with van der Waals surface area (Å²) in [5, 5.41) is 0. The Morgan fingerprint density at radius 2 is 1.84 bits per heavy atom. The number of methoxy groups -OCH3 is 1. The summed E-state index contributed by atoms with van der Waals surface area (Å²) >= 11 is 0. The number of hydrogen-bond donors (Lipinski definition) is 0. The maximum atomic E-state index is 12.2. The lowest BCUT2D eigenvalue weighted by atomic mass is 9.87. The molecule has 0 heterocycles. The largest absolute Gasteiger partial charge is 0.466 e. The van der Waals surface area contributed by atoms with E-state index in [1.165, 1.54) is 24.7 Å². The first kappa shape index (κ1) is 10.2. The SMILES string of the molecule is COC(=O)C1=C(c2ccccc2)C2C3CC4C(C13)C42. The van der Waals surface area contributed by atoms with Gasteiger partial charge in [-0.15, -0.1) is 0 Å². The smallest absolute Gasteiger partial charge is 0.334 e. The van der Waals surface area contributed by atoms with Crippen molar-refractivity contribution < 1.29 is 9.53 Å². The van der Waals surface area contributed by atoms with Gasteiger partial charge in [0.05, 0.1) is 7.11 Å². The van der Waals surface area contributed by atoms with E-state index in [1.54, 1.807) is 0 Å². The monoisotopic (exact) mass is 252 g/mol. The molecule has 0 saturated heterocycles. The third-order valence-electron chi connectivity index (χ3n) is 6.04. The predicted octanol–water partition coefficient (Wildman–Crippen LogP) is 2.75. The molecule has 2 nitrogen and oxygen atoms in total. The first-order valence-electron chi connectivity index (χ1n) is 7.20. The molecule has 0 aliphatic heterocycles. The standard InChI is InChI=1S/C17H16O2/c1-19-17(18)16-11(8-5-3-2-4-6-8)12-9-7-10-13(12)14(10)15(9)16/h2-6,9-10,12-15H,7H2,1H3. The average molecular weight is 252 g/mol. The van der Waals surface area contributed by atoms with Gasteiger partial charge in [-0.3, -0.25) is 0 Å². The lowest BCUT2D eigenvalue weighted by Gasteiger charge is -2.18. The zero-order chi connectivity index (χ0) is 12.7. The summed E-state index contributed by atoms with van der Waals surface area (Å²) in [6.07, 6.45) is 1.35. The van der Waals surface area contributed by atoms with Crippen LogP contribution in [0.25, 0.3) is 5.57 Å². The Morgan fingerprint density at radius 3 is 2.53 bits per heavy atom. The fraction of sp³-hybridized carbons (Fsp3) is 0.471. The second-order valence-electron chi connectivity index (χ2n) is 6.45. The van der Waals surface area contributed by atoms with E-state index in [0.717, 1.165) is 29.2 Å². The molecule has 6 bridgehead atoms. The number of carbonyl (C=O) groups excluding carboxylic acids is 1. The molecule has 5 aliphatic carbocycles. The summed E-state index contributed by atoms with van der Waals surface area (Å²) in [4.78, 5) is 12.2. The van der Waals surface area contributed by atoms with Crippen LogP contribution < -0.4 is 0 Å². The zero-order valence-corrected chi connectivity index (χ0v) is 10.9. The van der Waals surface area contributed by atoms with Crippen molar-refractivity contribution >= 4 is 11.5 Å². The molecule has 6 unspecified atom stereocenters. The van der Waals surface area contributed by atoms with E-state index in [4.69, 9.17) is 4.74 Å². The van der Waals surface area contributed by atoms with Gasteiger partial charge in [-0.1, -0.05) is 30.3 Å². The summed E-state index contributed by atoms with van der Waals surface area (Å²) in [6, 6.07) is 10.5. The van der Waals surface area contributed by atoms with Crippen LogP contribution in [0.4, 0.5) is 0 Å². The Balaban J connectivity index is 1.71. The fourth-order valence-electron chi connectivity index (χ4n) is 5.65. The molecule has 19 heavy (non-hydrogen) atoms. The van der Waals surface area contributed by atoms with E-state index in [-0.39, 0.29) is 5.97 Å². The number of hydrogen-bond acceptors (Lipinski definition) is 2. The molecule has 0 amide bonds. The Morgan fingerprint density at radius 1 is 1.11 bits per heavy atom. The minimum Gasteiger partial charge on any atom is -0.466 e. The molecular weight excluding hydrogens is 236 g/mol. The third-order valence-corrected chi connectivity index (χ3v) is 6.04. The number of carbonyl (C=O) groups is 1. The lowest BCUT2D eigenvalue weighted by molar-refractivity contribution is -0.136. The summed E-state index contributed by atoms with van der Waals surface area (Å²) in [5.41, 5.74) is 3.58. The molecule has 6 atom stereocenters. The minimum atomic E-state index is -0.0812. The van der Waals surface area contributed by atoms with Gasteiger partial charge in [-0.05, 0) is 53.1 Å². The van der Waals surface area contributed by atoms with Crippen LogP contribution in [0.15, 0.2) is 35.9 Å². The van der Waals surface area contributed by atoms with Crippen molar-refractivity contribution in [3.05, 3.63) is 41.5 Å². The van der Waals surface area contributed by atoms with Crippen LogP contribution in [0.1, 0.15) is 12.0 Å². The average Bonchev–Trinajstić information content (AvgIpc) is 2.81. The molecular formula is C17H16O2. The summed E-state index contributed by atoms with van der Waals surface area (Å²) in [5.74, 6) is 4.45. The van der Waals surface area contributed by atoms with E-state index in [2.05, 4.69) is 24.3 Å². The number of ether oxygens (including phenoxy) is 1. The van der Waals surface area contributed by atoms with Crippen LogP contribution >= 0.6 is 0 Å². The van der Waals surface area contributed by atoms with Crippen molar-refractivity contribution in [1.82, 2.24) is 0 Å². The highest BCUT2D eigenvalue weighted by Crippen LogP contribution is 2.83. The number of esters is 1. The Hall–Kier alpha value is -1.57. The number of allylic oxidation sites excluding steroid dienone is 1. The molecule has 4 saturated carbocycles.